The van der Waals surface area contributed by atoms with Crippen molar-refractivity contribution in [3.05, 3.63) is 0 Å². The van der Waals surface area contributed by atoms with Crippen LogP contribution in [0.15, 0.2) is 0 Å². The number of hydrogen-bond donors (Lipinski definition) is 1. The Hall–Kier alpha value is -0.610. The van der Waals surface area contributed by atoms with Gasteiger partial charge in [0.15, 0.2) is 5.54 Å². The van der Waals surface area contributed by atoms with Gasteiger partial charge in [-0.05, 0) is 26.9 Å². The Kier molecular flexibility index (Phi) is 2.69. The minimum Gasteiger partial charge on any atom is -0.563 e. The molecule has 3 N–H and O–H groups in total. The number of likely N-dealkylation sites (tertiary alicyclic amines) is 1. The standard InChI is InChI=1S/C8H16N2O2/c1-9-8(7(11)12)3-5-10(2)6-4-8/h9H,3-6H2,1-2H3,(H,11,12)/p+1. The molecule has 0 radical (unpaired) electrons. The Bertz CT molecular complexity index is 174. The molecule has 0 unspecified atom stereocenters. The van der Waals surface area contributed by atoms with Gasteiger partial charge in [0.2, 0.25) is 0 Å². The van der Waals surface area contributed by atoms with Crippen LogP contribution in [-0.4, -0.2) is 48.7 Å². The highest BCUT2D eigenvalue weighted by Gasteiger charge is 2.45. The molecule has 0 amide bonds. The molecule has 1 heterocycles. The zero-order valence-corrected chi connectivity index (χ0v) is 7.68. The highest BCUT2D eigenvalue weighted by atomic mass is 16.4. The van der Waals surface area contributed by atoms with E-state index < -0.39 is 11.5 Å². The molecule has 70 valence electrons. The van der Waals surface area contributed by atoms with Gasteiger partial charge < -0.3 is 10.0 Å². The van der Waals surface area contributed by atoms with Crippen molar-refractivity contribution < 1.29 is 9.90 Å². The van der Waals surface area contributed by atoms with E-state index in [1.807, 2.05) is 7.05 Å². The van der Waals surface area contributed by atoms with Gasteiger partial charge in [0.25, 0.3) is 0 Å². The van der Waals surface area contributed by atoms with E-state index in [-0.39, 0.29) is 0 Å². The summed E-state index contributed by atoms with van der Waals surface area (Å²) >= 11 is 0. The Morgan fingerprint density at radius 2 is 2.00 bits per heavy atom. The van der Waals surface area contributed by atoms with Gasteiger partial charge in [0.1, 0.15) is 0 Å². The molecule has 4 heteroatoms. The molecule has 1 fully saturated rings. The number of rotatable bonds is 2. The van der Waals surface area contributed by atoms with Crippen molar-refractivity contribution in [1.29, 1.82) is 0 Å². The molecule has 4 nitrogen and oxygen atoms in total. The van der Waals surface area contributed by atoms with E-state index in [0.717, 1.165) is 25.9 Å². The molecule has 1 saturated heterocycles. The highest BCUT2D eigenvalue weighted by molar-refractivity contribution is 5.78. The highest BCUT2D eigenvalue weighted by Crippen LogP contribution is 2.20. The SMILES string of the molecule is CNC1(C(=O)[OH2+])CCN(C)CC1. The van der Waals surface area contributed by atoms with Crippen LogP contribution in [0.25, 0.3) is 0 Å². The van der Waals surface area contributed by atoms with Crippen LogP contribution in [-0.2, 0) is 4.79 Å². The Labute approximate surface area is 72.6 Å². The lowest BCUT2D eigenvalue weighted by atomic mass is 9.88. The predicted molar refractivity (Wildman–Crippen MR) is 47.1 cm³/mol. The van der Waals surface area contributed by atoms with Crippen LogP contribution in [0, 0.1) is 0 Å². The van der Waals surface area contributed by atoms with Crippen molar-refractivity contribution in [3.63, 3.8) is 0 Å². The Morgan fingerprint density at radius 3 is 2.33 bits per heavy atom. The van der Waals surface area contributed by atoms with Crippen molar-refractivity contribution in [2.75, 3.05) is 27.2 Å². The third kappa shape index (κ3) is 1.59. The molecule has 0 aliphatic carbocycles. The fourth-order valence-corrected chi connectivity index (χ4v) is 1.59. The second-order valence-corrected chi connectivity index (χ2v) is 3.46. The number of likely N-dealkylation sites (N-methyl/N-ethyl adjacent to an activating group) is 1. The van der Waals surface area contributed by atoms with Crippen molar-refractivity contribution in [3.8, 4) is 0 Å². The molecule has 1 rings (SSSR count). The summed E-state index contributed by atoms with van der Waals surface area (Å²) in [6.45, 7) is 1.79. The molecule has 0 aromatic rings. The third-order valence-corrected chi connectivity index (χ3v) is 2.75. The van der Waals surface area contributed by atoms with Gasteiger partial charge in [0, 0.05) is 17.9 Å². The van der Waals surface area contributed by atoms with Crippen LogP contribution in [0.2, 0.25) is 0 Å². The lowest BCUT2D eigenvalue weighted by Gasteiger charge is -2.34. The number of nitrogens with one attached hydrogen (secondary N) is 1. The first kappa shape index (κ1) is 9.48. The van der Waals surface area contributed by atoms with E-state index in [2.05, 4.69) is 10.2 Å². The summed E-state index contributed by atoms with van der Waals surface area (Å²) in [6.07, 6.45) is 1.50. The average molecular weight is 173 g/mol. The van der Waals surface area contributed by atoms with Crippen LogP contribution in [0.4, 0.5) is 0 Å². The van der Waals surface area contributed by atoms with E-state index in [4.69, 9.17) is 5.11 Å². The number of carbonyl (C=O) groups is 1. The zero-order chi connectivity index (χ0) is 9.19. The third-order valence-electron chi connectivity index (χ3n) is 2.75. The zero-order valence-electron chi connectivity index (χ0n) is 7.68. The largest absolute Gasteiger partial charge is 0.563 e. The van der Waals surface area contributed by atoms with Gasteiger partial charge in [-0.2, -0.15) is 0 Å². The molecule has 1 aliphatic heterocycles. The van der Waals surface area contributed by atoms with Crippen LogP contribution in [0.5, 0.6) is 0 Å². The van der Waals surface area contributed by atoms with Gasteiger partial charge in [0.05, 0.1) is 0 Å². The van der Waals surface area contributed by atoms with Crippen LogP contribution in [0.3, 0.4) is 0 Å². The molecule has 0 atom stereocenters. The van der Waals surface area contributed by atoms with Crippen molar-refractivity contribution in [2.24, 2.45) is 0 Å². The predicted octanol–water partition coefficient (Wildman–Crippen LogP) is -1.08. The van der Waals surface area contributed by atoms with Crippen LogP contribution in [0.1, 0.15) is 12.8 Å². The molecular formula is C8H17N2O2+. The summed E-state index contributed by atoms with van der Waals surface area (Å²) in [5.41, 5.74) is -0.563. The van der Waals surface area contributed by atoms with Crippen molar-refractivity contribution in [1.82, 2.24) is 10.2 Å². The van der Waals surface area contributed by atoms with Crippen LogP contribution >= 0.6 is 0 Å². The summed E-state index contributed by atoms with van der Waals surface area (Å²) in [5.74, 6) is -0.474. The van der Waals surface area contributed by atoms with E-state index in [1.165, 1.54) is 0 Å². The first-order chi connectivity index (χ1) is 5.60. The van der Waals surface area contributed by atoms with Gasteiger partial charge in [-0.15, -0.1) is 0 Å². The molecule has 0 bridgehead atoms. The molecule has 1 aliphatic rings. The molecule has 0 aromatic carbocycles. The number of carbonyl (C=O) groups excluding carboxylic acids is 1. The number of hydrogen-bond acceptors (Lipinski definition) is 3. The molecule has 12 heavy (non-hydrogen) atoms. The minimum absolute atomic E-state index is 0.474. The van der Waals surface area contributed by atoms with Gasteiger partial charge >= 0.3 is 5.97 Å². The lowest BCUT2D eigenvalue weighted by molar-refractivity contribution is -0.146. The second kappa shape index (κ2) is 3.41. The summed E-state index contributed by atoms with van der Waals surface area (Å²) in [6, 6.07) is 0. The summed E-state index contributed by atoms with van der Waals surface area (Å²) in [4.78, 5) is 13.2. The van der Waals surface area contributed by atoms with Gasteiger partial charge in [-0.3, -0.25) is 5.32 Å². The smallest absolute Gasteiger partial charge is 0.536 e. The topological polar surface area (TPSA) is 55.2 Å². The first-order valence-electron chi connectivity index (χ1n) is 4.24. The van der Waals surface area contributed by atoms with Gasteiger partial charge in [-0.1, -0.05) is 0 Å². The van der Waals surface area contributed by atoms with Crippen LogP contribution < -0.4 is 5.32 Å². The number of nitrogens with zero attached hydrogens (tertiary/aromatic N) is 1. The van der Waals surface area contributed by atoms with Crippen molar-refractivity contribution >= 4 is 5.97 Å². The minimum atomic E-state index is -0.563. The molecular weight excluding hydrogens is 156 g/mol. The maximum absolute atomic E-state index is 11.0. The maximum atomic E-state index is 11.0. The quantitative estimate of drug-likeness (QED) is 0.540. The van der Waals surface area contributed by atoms with E-state index in [9.17, 15) is 4.79 Å². The first-order valence-corrected chi connectivity index (χ1v) is 4.24. The maximum Gasteiger partial charge on any atom is 0.536 e. The van der Waals surface area contributed by atoms with E-state index in [1.54, 1.807) is 7.05 Å². The van der Waals surface area contributed by atoms with E-state index in [0.29, 0.717) is 0 Å². The normalized spacial score (nSPS) is 23.8. The Balaban J connectivity index is 2.63. The second-order valence-electron chi connectivity index (χ2n) is 3.46. The molecule has 0 aromatic heterocycles. The Morgan fingerprint density at radius 1 is 1.50 bits per heavy atom. The molecule has 0 saturated carbocycles. The number of piperidine rings is 1. The van der Waals surface area contributed by atoms with E-state index >= 15 is 0 Å². The van der Waals surface area contributed by atoms with Gasteiger partial charge in [-0.25, -0.2) is 0 Å². The summed E-state index contributed by atoms with van der Waals surface area (Å²) < 4.78 is 0. The average Bonchev–Trinajstić information content (AvgIpc) is 2.06. The molecule has 0 spiro atoms. The van der Waals surface area contributed by atoms with Crippen molar-refractivity contribution in [2.45, 2.75) is 18.4 Å². The lowest BCUT2D eigenvalue weighted by Crippen LogP contribution is -2.56. The fraction of sp³-hybridized carbons (Fsp3) is 0.875. The fourth-order valence-electron chi connectivity index (χ4n) is 1.59. The summed E-state index contributed by atoms with van der Waals surface area (Å²) in [5, 5.41) is 10.1. The monoisotopic (exact) mass is 173 g/mol. The summed E-state index contributed by atoms with van der Waals surface area (Å²) in [7, 11) is 3.80.